The summed E-state index contributed by atoms with van der Waals surface area (Å²) in [7, 11) is 2.08. The summed E-state index contributed by atoms with van der Waals surface area (Å²) in [5.41, 5.74) is 0.689. The molecule has 1 aromatic carbocycles. The van der Waals surface area contributed by atoms with Gasteiger partial charge in [0.15, 0.2) is 5.82 Å². The second-order valence-corrected chi connectivity index (χ2v) is 6.90. The highest BCUT2D eigenvalue weighted by molar-refractivity contribution is 5.85. The van der Waals surface area contributed by atoms with Crippen molar-refractivity contribution in [2.75, 3.05) is 26.7 Å². The Morgan fingerprint density at radius 3 is 2.58 bits per heavy atom. The molecule has 1 atom stereocenters. The molecule has 2 aromatic rings. The zero-order chi connectivity index (χ0) is 16.4. The van der Waals surface area contributed by atoms with E-state index in [1.807, 2.05) is 45.0 Å². The molecule has 1 unspecified atom stereocenters. The molecule has 1 saturated heterocycles. The number of piperazine rings is 1. The van der Waals surface area contributed by atoms with Crippen molar-refractivity contribution < 1.29 is 9.26 Å². The third kappa shape index (κ3) is 4.47. The molecule has 7 heteroatoms. The van der Waals surface area contributed by atoms with Gasteiger partial charge in [0.25, 0.3) is 5.89 Å². The minimum atomic E-state index is -0.211. The van der Waals surface area contributed by atoms with Crippen molar-refractivity contribution in [2.45, 2.75) is 32.4 Å². The monoisotopic (exact) mass is 352 g/mol. The minimum absolute atomic E-state index is 0. The fraction of sp³-hybridized carbons (Fsp3) is 0.529. The number of aromatic nitrogens is 2. The average Bonchev–Trinajstić information content (AvgIpc) is 2.96. The zero-order valence-electron chi connectivity index (χ0n) is 14.6. The first kappa shape index (κ1) is 18.7. The smallest absolute Gasteiger partial charge is 0.257 e. The van der Waals surface area contributed by atoms with Gasteiger partial charge in [0, 0.05) is 25.2 Å². The predicted molar refractivity (Wildman–Crippen MR) is 95.6 cm³/mol. The summed E-state index contributed by atoms with van der Waals surface area (Å²) in [5, 5.41) is 7.51. The molecule has 0 spiro atoms. The Morgan fingerprint density at radius 1 is 1.25 bits per heavy atom. The standard InChI is InChI=1S/C17H24N4O2.ClH/c1-17(2,3)22-13-7-5-12(6-8-13)16-19-15(20-23-16)14-11-18-9-10-21(14)4;/h5-8,14,18H,9-11H2,1-4H3;1H. The lowest BCUT2D eigenvalue weighted by Crippen LogP contribution is -2.44. The highest BCUT2D eigenvalue weighted by Crippen LogP contribution is 2.25. The summed E-state index contributed by atoms with van der Waals surface area (Å²) in [6.45, 7) is 8.90. The highest BCUT2D eigenvalue weighted by atomic mass is 35.5. The average molecular weight is 353 g/mol. The maximum Gasteiger partial charge on any atom is 0.257 e. The zero-order valence-corrected chi connectivity index (χ0v) is 15.4. The Balaban J connectivity index is 0.00000208. The van der Waals surface area contributed by atoms with Crippen LogP contribution >= 0.6 is 12.4 Å². The molecule has 0 aliphatic carbocycles. The van der Waals surface area contributed by atoms with Crippen LogP contribution in [0.4, 0.5) is 0 Å². The Hall–Kier alpha value is -1.63. The lowest BCUT2D eigenvalue weighted by molar-refractivity contribution is 0.131. The molecule has 1 aliphatic rings. The largest absolute Gasteiger partial charge is 0.488 e. The number of rotatable bonds is 3. The summed E-state index contributed by atoms with van der Waals surface area (Å²) in [6.07, 6.45) is 0. The Bertz CT molecular complexity index is 651. The first-order valence-electron chi connectivity index (χ1n) is 7.96. The van der Waals surface area contributed by atoms with E-state index in [4.69, 9.17) is 9.26 Å². The van der Waals surface area contributed by atoms with Gasteiger partial charge in [-0.15, -0.1) is 12.4 Å². The molecule has 2 heterocycles. The van der Waals surface area contributed by atoms with Crippen LogP contribution in [0.25, 0.3) is 11.5 Å². The predicted octanol–water partition coefficient (Wildman–Crippen LogP) is 2.91. The molecule has 1 fully saturated rings. The van der Waals surface area contributed by atoms with Crippen LogP contribution in [0.15, 0.2) is 28.8 Å². The molecule has 1 aliphatic heterocycles. The lowest BCUT2D eigenvalue weighted by Gasteiger charge is -2.30. The van der Waals surface area contributed by atoms with Crippen molar-refractivity contribution in [3.8, 4) is 17.2 Å². The van der Waals surface area contributed by atoms with Crippen molar-refractivity contribution in [2.24, 2.45) is 0 Å². The van der Waals surface area contributed by atoms with Gasteiger partial charge in [-0.1, -0.05) is 5.16 Å². The fourth-order valence-electron chi connectivity index (χ4n) is 2.60. The highest BCUT2D eigenvalue weighted by Gasteiger charge is 2.25. The van der Waals surface area contributed by atoms with Crippen LogP contribution in [0.5, 0.6) is 5.75 Å². The van der Waals surface area contributed by atoms with Crippen molar-refractivity contribution in [1.29, 1.82) is 0 Å². The van der Waals surface area contributed by atoms with Crippen molar-refractivity contribution >= 4 is 12.4 Å². The lowest BCUT2D eigenvalue weighted by atomic mass is 10.1. The summed E-state index contributed by atoms with van der Waals surface area (Å²) in [6, 6.07) is 7.91. The van der Waals surface area contributed by atoms with E-state index in [1.165, 1.54) is 0 Å². The summed E-state index contributed by atoms with van der Waals surface area (Å²) >= 11 is 0. The van der Waals surface area contributed by atoms with Crippen molar-refractivity contribution in [1.82, 2.24) is 20.4 Å². The van der Waals surface area contributed by atoms with E-state index in [1.54, 1.807) is 0 Å². The van der Waals surface area contributed by atoms with E-state index >= 15 is 0 Å². The number of benzene rings is 1. The van der Waals surface area contributed by atoms with Gasteiger partial charge in [0.2, 0.25) is 0 Å². The van der Waals surface area contributed by atoms with E-state index < -0.39 is 0 Å². The molecule has 0 radical (unpaired) electrons. The van der Waals surface area contributed by atoms with E-state index in [-0.39, 0.29) is 24.0 Å². The van der Waals surface area contributed by atoms with Crippen LogP contribution in [0.2, 0.25) is 0 Å². The van der Waals surface area contributed by atoms with Crippen LogP contribution in [0, 0.1) is 0 Å². The maximum atomic E-state index is 5.83. The molecular formula is C17H25ClN4O2. The molecule has 1 aromatic heterocycles. The molecule has 0 amide bonds. The van der Waals surface area contributed by atoms with Crippen LogP contribution < -0.4 is 10.1 Å². The second kappa shape index (κ2) is 7.51. The van der Waals surface area contributed by atoms with Gasteiger partial charge in [0.05, 0.1) is 6.04 Å². The van der Waals surface area contributed by atoms with Gasteiger partial charge >= 0.3 is 0 Å². The second-order valence-electron chi connectivity index (χ2n) is 6.90. The topological polar surface area (TPSA) is 63.4 Å². The molecule has 6 nitrogen and oxygen atoms in total. The van der Waals surface area contributed by atoms with Gasteiger partial charge < -0.3 is 14.6 Å². The van der Waals surface area contributed by atoms with Gasteiger partial charge in [-0.25, -0.2) is 0 Å². The van der Waals surface area contributed by atoms with Crippen LogP contribution in [0.3, 0.4) is 0 Å². The number of halogens is 1. The van der Waals surface area contributed by atoms with Crippen LogP contribution in [0.1, 0.15) is 32.6 Å². The van der Waals surface area contributed by atoms with Gasteiger partial charge in [0.1, 0.15) is 11.4 Å². The van der Waals surface area contributed by atoms with Crippen LogP contribution in [-0.4, -0.2) is 47.3 Å². The summed E-state index contributed by atoms with van der Waals surface area (Å²) < 4.78 is 11.3. The number of ether oxygens (including phenoxy) is 1. The third-order valence-electron chi connectivity index (χ3n) is 3.78. The van der Waals surface area contributed by atoms with E-state index in [9.17, 15) is 0 Å². The number of likely N-dealkylation sites (N-methyl/N-ethyl adjacent to an activating group) is 1. The summed E-state index contributed by atoms with van der Waals surface area (Å²) in [5.74, 6) is 2.10. The molecule has 24 heavy (non-hydrogen) atoms. The Labute approximate surface area is 149 Å². The van der Waals surface area contributed by atoms with Crippen LogP contribution in [-0.2, 0) is 0 Å². The number of nitrogens with zero attached hydrogens (tertiary/aromatic N) is 3. The molecule has 0 saturated carbocycles. The molecule has 3 rings (SSSR count). The molecule has 132 valence electrons. The number of nitrogens with one attached hydrogen (secondary N) is 1. The fourth-order valence-corrected chi connectivity index (χ4v) is 2.60. The molecular weight excluding hydrogens is 328 g/mol. The maximum absolute atomic E-state index is 5.83. The number of hydrogen-bond acceptors (Lipinski definition) is 6. The summed E-state index contributed by atoms with van der Waals surface area (Å²) in [4.78, 5) is 6.80. The van der Waals surface area contributed by atoms with E-state index in [2.05, 4.69) is 27.4 Å². The normalized spacial score (nSPS) is 18.9. The van der Waals surface area contributed by atoms with E-state index in [0.717, 1.165) is 36.8 Å². The Morgan fingerprint density at radius 2 is 1.96 bits per heavy atom. The van der Waals surface area contributed by atoms with Crippen molar-refractivity contribution in [3.63, 3.8) is 0 Å². The van der Waals surface area contributed by atoms with Gasteiger partial charge in [-0.3, -0.25) is 4.90 Å². The van der Waals surface area contributed by atoms with E-state index in [0.29, 0.717) is 5.89 Å². The van der Waals surface area contributed by atoms with Crippen molar-refractivity contribution in [3.05, 3.63) is 30.1 Å². The molecule has 1 N–H and O–H groups in total. The minimum Gasteiger partial charge on any atom is -0.488 e. The Kier molecular flexibility index (Phi) is 5.85. The third-order valence-corrected chi connectivity index (χ3v) is 3.78. The molecule has 0 bridgehead atoms. The van der Waals surface area contributed by atoms with Gasteiger partial charge in [-0.05, 0) is 52.1 Å². The SMILES string of the molecule is CN1CCNCC1c1noc(-c2ccc(OC(C)(C)C)cc2)n1.Cl. The first-order valence-corrected chi connectivity index (χ1v) is 7.96. The number of hydrogen-bond donors (Lipinski definition) is 1. The first-order chi connectivity index (χ1) is 10.9. The quantitative estimate of drug-likeness (QED) is 0.916. The van der Waals surface area contributed by atoms with Gasteiger partial charge in [-0.2, -0.15) is 4.98 Å².